The van der Waals surface area contributed by atoms with Crippen molar-refractivity contribution < 1.29 is 4.79 Å². The average Bonchev–Trinajstić information content (AvgIpc) is 3.17. The molecule has 1 N–H and O–H groups in total. The maximum Gasteiger partial charge on any atom is 0.333 e. The number of nitrogens with zero attached hydrogens (tertiary/aromatic N) is 5. The number of imidazole rings is 1. The highest BCUT2D eigenvalue weighted by Crippen LogP contribution is 2.28. The molecule has 0 spiro atoms. The van der Waals surface area contributed by atoms with Crippen LogP contribution in [-0.4, -0.2) is 45.1 Å². The molecule has 1 aromatic carbocycles. The zero-order valence-electron chi connectivity index (χ0n) is 21.3. The lowest BCUT2D eigenvalue weighted by molar-refractivity contribution is 0.0919. The molecule has 4 aromatic rings. The summed E-state index contributed by atoms with van der Waals surface area (Å²) < 4.78 is 3.64. The van der Waals surface area contributed by atoms with Crippen LogP contribution in [0.3, 0.4) is 0 Å². The van der Waals surface area contributed by atoms with Crippen molar-refractivity contribution >= 4 is 34.2 Å². The first-order valence-corrected chi connectivity index (χ1v) is 13.0. The largest absolute Gasteiger partial charge is 0.376 e. The van der Waals surface area contributed by atoms with Crippen LogP contribution in [0.4, 0.5) is 5.69 Å². The standard InChI is InChI=1S/C28H31ClN6O2/c1-18-24(12-20(29)14-31-18)27(36)32-21-10-8-19(9-11-21)17-34-25-6-4-5-7-26(25)35(28(34)37)23-13-22(33(2)3)15-30-16-23/h4-7,12-16,19,21H,8-11,17H2,1-3H3,(H,32,36). The first-order valence-electron chi connectivity index (χ1n) is 12.6. The molecule has 0 radical (unpaired) electrons. The van der Waals surface area contributed by atoms with Crippen LogP contribution >= 0.6 is 11.6 Å². The molecule has 3 aromatic heterocycles. The first-order chi connectivity index (χ1) is 17.8. The Balaban J connectivity index is 1.32. The number of pyridine rings is 2. The van der Waals surface area contributed by atoms with Crippen molar-refractivity contribution in [3.05, 3.63) is 81.8 Å². The van der Waals surface area contributed by atoms with Gasteiger partial charge in [-0.1, -0.05) is 23.7 Å². The second-order valence-corrected chi connectivity index (χ2v) is 10.4. The molecule has 5 rings (SSSR count). The number of nitrogens with one attached hydrogen (secondary N) is 1. The summed E-state index contributed by atoms with van der Waals surface area (Å²) in [5.74, 6) is 0.217. The highest BCUT2D eigenvalue weighted by Gasteiger charge is 2.25. The van der Waals surface area contributed by atoms with Crippen LogP contribution in [-0.2, 0) is 6.54 Å². The van der Waals surface area contributed by atoms with Crippen LogP contribution in [0.2, 0.25) is 5.02 Å². The number of para-hydroxylation sites is 2. The van der Waals surface area contributed by atoms with Crippen LogP contribution < -0.4 is 15.9 Å². The quantitative estimate of drug-likeness (QED) is 0.403. The molecule has 8 nitrogen and oxygen atoms in total. The van der Waals surface area contributed by atoms with Crippen LogP contribution in [0, 0.1) is 12.8 Å². The number of amides is 1. The summed E-state index contributed by atoms with van der Waals surface area (Å²) in [6.45, 7) is 2.45. The molecule has 1 saturated carbocycles. The molecule has 0 aliphatic heterocycles. The minimum Gasteiger partial charge on any atom is -0.376 e. The third-order valence-corrected chi connectivity index (χ3v) is 7.45. The number of aromatic nitrogens is 4. The van der Waals surface area contributed by atoms with Gasteiger partial charge < -0.3 is 10.2 Å². The molecular weight excluding hydrogens is 488 g/mol. The maximum atomic E-state index is 13.7. The Bertz CT molecular complexity index is 1500. The Morgan fingerprint density at radius 2 is 1.81 bits per heavy atom. The predicted molar refractivity (Wildman–Crippen MR) is 147 cm³/mol. The normalized spacial score (nSPS) is 17.6. The molecule has 3 heterocycles. The number of anilines is 1. The smallest absolute Gasteiger partial charge is 0.333 e. The van der Waals surface area contributed by atoms with E-state index in [4.69, 9.17) is 11.6 Å². The number of hydrogen-bond donors (Lipinski definition) is 1. The summed E-state index contributed by atoms with van der Waals surface area (Å²) in [7, 11) is 3.91. The summed E-state index contributed by atoms with van der Waals surface area (Å²) in [5.41, 5.74) is 4.60. The lowest BCUT2D eigenvalue weighted by Gasteiger charge is -2.29. The molecule has 0 atom stereocenters. The van der Waals surface area contributed by atoms with Gasteiger partial charge in [0.25, 0.3) is 5.91 Å². The molecule has 0 saturated heterocycles. The van der Waals surface area contributed by atoms with Gasteiger partial charge in [0.15, 0.2) is 0 Å². The van der Waals surface area contributed by atoms with Gasteiger partial charge in [-0.05, 0) is 62.8 Å². The van der Waals surface area contributed by atoms with Gasteiger partial charge in [0, 0.05) is 32.9 Å². The SMILES string of the molecule is Cc1ncc(Cl)cc1C(=O)NC1CCC(Cn2c(=O)n(-c3cncc(N(C)C)c3)c3ccccc32)CC1. The minimum absolute atomic E-state index is 0.0572. The number of hydrogen-bond acceptors (Lipinski definition) is 5. The Hall–Kier alpha value is -3.65. The molecule has 192 valence electrons. The van der Waals surface area contributed by atoms with Crippen molar-refractivity contribution in [3.8, 4) is 5.69 Å². The van der Waals surface area contributed by atoms with Crippen LogP contribution in [0.15, 0.2) is 59.8 Å². The zero-order valence-corrected chi connectivity index (χ0v) is 22.1. The number of aryl methyl sites for hydroxylation is 1. The van der Waals surface area contributed by atoms with E-state index in [1.165, 1.54) is 0 Å². The number of halogens is 1. The number of rotatable bonds is 6. The molecule has 1 fully saturated rings. The first kappa shape index (κ1) is 25.0. The van der Waals surface area contributed by atoms with E-state index >= 15 is 0 Å². The summed E-state index contributed by atoms with van der Waals surface area (Å²) >= 11 is 6.04. The fourth-order valence-electron chi connectivity index (χ4n) is 5.17. The average molecular weight is 519 g/mol. The predicted octanol–water partition coefficient (Wildman–Crippen LogP) is 4.60. The van der Waals surface area contributed by atoms with Gasteiger partial charge in [-0.3, -0.25) is 23.9 Å². The summed E-state index contributed by atoms with van der Waals surface area (Å²) in [4.78, 5) is 37.0. The summed E-state index contributed by atoms with van der Waals surface area (Å²) in [5, 5.41) is 3.60. The van der Waals surface area contributed by atoms with E-state index in [-0.39, 0.29) is 17.6 Å². The number of fused-ring (bicyclic) bond motifs is 1. The van der Waals surface area contributed by atoms with Crippen LogP contribution in [0.5, 0.6) is 0 Å². The van der Waals surface area contributed by atoms with Crippen molar-refractivity contribution in [2.24, 2.45) is 5.92 Å². The van der Waals surface area contributed by atoms with Gasteiger partial charge in [-0.25, -0.2) is 4.79 Å². The van der Waals surface area contributed by atoms with E-state index in [2.05, 4.69) is 15.3 Å². The third-order valence-electron chi connectivity index (χ3n) is 7.24. The molecule has 9 heteroatoms. The number of carbonyl (C=O) groups excluding carboxylic acids is 1. The molecule has 37 heavy (non-hydrogen) atoms. The fraction of sp³-hybridized carbons (Fsp3) is 0.357. The molecule has 1 aliphatic carbocycles. The second kappa shape index (κ2) is 10.4. The van der Waals surface area contributed by atoms with E-state index in [0.29, 0.717) is 28.7 Å². The van der Waals surface area contributed by atoms with Gasteiger partial charge >= 0.3 is 5.69 Å². The number of carbonyl (C=O) groups is 1. The van der Waals surface area contributed by atoms with Crippen molar-refractivity contribution in [1.82, 2.24) is 24.4 Å². The Labute approximate surface area is 220 Å². The lowest BCUT2D eigenvalue weighted by atomic mass is 9.85. The van der Waals surface area contributed by atoms with E-state index in [0.717, 1.165) is 48.1 Å². The van der Waals surface area contributed by atoms with Gasteiger partial charge in [0.05, 0.1) is 51.1 Å². The van der Waals surface area contributed by atoms with Crippen molar-refractivity contribution in [2.45, 2.75) is 45.2 Å². The van der Waals surface area contributed by atoms with Crippen molar-refractivity contribution in [1.29, 1.82) is 0 Å². The molecule has 0 bridgehead atoms. The number of benzene rings is 1. The van der Waals surface area contributed by atoms with E-state index in [9.17, 15) is 9.59 Å². The van der Waals surface area contributed by atoms with Crippen LogP contribution in [0.1, 0.15) is 41.7 Å². The van der Waals surface area contributed by atoms with Gasteiger partial charge in [0.1, 0.15) is 0 Å². The highest BCUT2D eigenvalue weighted by molar-refractivity contribution is 6.30. The highest BCUT2D eigenvalue weighted by atomic mass is 35.5. The summed E-state index contributed by atoms with van der Waals surface area (Å²) in [6, 6.07) is 11.7. The van der Waals surface area contributed by atoms with Crippen LogP contribution in [0.25, 0.3) is 16.7 Å². The fourth-order valence-corrected chi connectivity index (χ4v) is 5.32. The minimum atomic E-state index is -0.135. The van der Waals surface area contributed by atoms with E-state index in [1.807, 2.05) is 60.8 Å². The van der Waals surface area contributed by atoms with Gasteiger partial charge in [0.2, 0.25) is 0 Å². The molecule has 1 amide bonds. The second-order valence-electron chi connectivity index (χ2n) is 9.99. The van der Waals surface area contributed by atoms with Gasteiger partial charge in [-0.2, -0.15) is 0 Å². The van der Waals surface area contributed by atoms with Crippen molar-refractivity contribution in [3.63, 3.8) is 0 Å². The molecule has 1 aliphatic rings. The van der Waals surface area contributed by atoms with E-state index < -0.39 is 0 Å². The molecule has 0 unspecified atom stereocenters. The molecular formula is C28H31ClN6O2. The Morgan fingerprint density at radius 1 is 1.08 bits per heavy atom. The van der Waals surface area contributed by atoms with Gasteiger partial charge in [-0.15, -0.1) is 0 Å². The maximum absolute atomic E-state index is 13.7. The Morgan fingerprint density at radius 3 is 2.54 bits per heavy atom. The third kappa shape index (κ3) is 5.11. The Kier molecular flexibility index (Phi) is 7.02. The lowest BCUT2D eigenvalue weighted by Crippen LogP contribution is -2.39. The zero-order chi connectivity index (χ0) is 26.1. The topological polar surface area (TPSA) is 85.0 Å². The van der Waals surface area contributed by atoms with E-state index in [1.54, 1.807) is 29.2 Å². The van der Waals surface area contributed by atoms with Crippen molar-refractivity contribution in [2.75, 3.05) is 19.0 Å². The monoisotopic (exact) mass is 518 g/mol. The summed E-state index contributed by atoms with van der Waals surface area (Å²) in [6.07, 6.45) is 8.67.